The summed E-state index contributed by atoms with van der Waals surface area (Å²) in [4.78, 5) is 15.7. The van der Waals surface area contributed by atoms with Gasteiger partial charge in [-0.2, -0.15) is 5.26 Å². The van der Waals surface area contributed by atoms with Gasteiger partial charge in [-0.1, -0.05) is 39.3 Å². The summed E-state index contributed by atoms with van der Waals surface area (Å²) in [5.41, 5.74) is 0.396. The van der Waals surface area contributed by atoms with E-state index in [9.17, 15) is 4.79 Å². The molecule has 1 amide bonds. The molecule has 2 rings (SSSR count). The van der Waals surface area contributed by atoms with Gasteiger partial charge in [-0.15, -0.1) is 0 Å². The first-order valence-electron chi connectivity index (χ1n) is 6.92. The fourth-order valence-corrected chi connectivity index (χ4v) is 1.45. The number of carbonyl (C=O) groups is 1. The minimum absolute atomic E-state index is 0.247. The molecule has 0 radical (unpaired) electrons. The summed E-state index contributed by atoms with van der Waals surface area (Å²) in [6, 6.07) is 3.60. The van der Waals surface area contributed by atoms with Crippen molar-refractivity contribution in [1.29, 1.82) is 5.26 Å². The molecule has 1 aromatic rings. The highest BCUT2D eigenvalue weighted by Gasteiger charge is 2.44. The van der Waals surface area contributed by atoms with Crippen molar-refractivity contribution in [3.63, 3.8) is 0 Å². The summed E-state index contributed by atoms with van der Waals surface area (Å²) >= 11 is 5.89. The Kier molecular flexibility index (Phi) is 7.86. The third-order valence-electron chi connectivity index (χ3n) is 2.59. The number of nitriles is 1. The Hall–Kier alpha value is -1.60. The maximum absolute atomic E-state index is 11.7. The number of hydrogen-bond acceptors (Lipinski definition) is 3. The maximum Gasteiger partial charge on any atom is 0.271 e. The van der Waals surface area contributed by atoms with E-state index >= 15 is 0 Å². The molecule has 110 valence electrons. The van der Waals surface area contributed by atoms with Crippen LogP contribution in [0.1, 0.15) is 56.6 Å². The Morgan fingerprint density at radius 3 is 2.35 bits per heavy atom. The van der Waals surface area contributed by atoms with E-state index in [2.05, 4.69) is 16.4 Å². The summed E-state index contributed by atoms with van der Waals surface area (Å²) in [5, 5.41) is 12.0. The molecule has 0 atom stereocenters. The van der Waals surface area contributed by atoms with Crippen LogP contribution in [-0.4, -0.2) is 16.4 Å². The van der Waals surface area contributed by atoms with Crippen LogP contribution in [0.2, 0.25) is 5.02 Å². The lowest BCUT2D eigenvalue weighted by atomic mass is 10.2. The van der Waals surface area contributed by atoms with E-state index in [1.165, 1.54) is 6.07 Å². The van der Waals surface area contributed by atoms with Crippen molar-refractivity contribution in [2.24, 2.45) is 0 Å². The van der Waals surface area contributed by atoms with Gasteiger partial charge in [0.1, 0.15) is 11.2 Å². The van der Waals surface area contributed by atoms with Crippen LogP contribution in [0.5, 0.6) is 0 Å². The second-order valence-corrected chi connectivity index (χ2v) is 4.37. The number of aromatic nitrogens is 1. The quantitative estimate of drug-likeness (QED) is 0.900. The monoisotopic (exact) mass is 295 g/mol. The van der Waals surface area contributed by atoms with Crippen molar-refractivity contribution in [1.82, 2.24) is 10.3 Å². The molecule has 1 aliphatic rings. The summed E-state index contributed by atoms with van der Waals surface area (Å²) in [6.07, 6.45) is 2.95. The van der Waals surface area contributed by atoms with Gasteiger partial charge in [-0.25, -0.2) is 0 Å². The number of amides is 1. The van der Waals surface area contributed by atoms with Crippen molar-refractivity contribution in [2.75, 3.05) is 0 Å². The van der Waals surface area contributed by atoms with Crippen LogP contribution in [0.15, 0.2) is 12.3 Å². The van der Waals surface area contributed by atoms with Crippen LogP contribution in [0.4, 0.5) is 0 Å². The van der Waals surface area contributed by atoms with Gasteiger partial charge in [0.05, 0.1) is 6.07 Å². The minimum atomic E-state index is -0.671. The summed E-state index contributed by atoms with van der Waals surface area (Å²) < 4.78 is 0. The number of nitrogens with zero attached hydrogens (tertiary/aromatic N) is 2. The van der Waals surface area contributed by atoms with E-state index < -0.39 is 5.54 Å². The van der Waals surface area contributed by atoms with E-state index in [1.807, 2.05) is 34.6 Å². The average molecular weight is 296 g/mol. The molecule has 0 aliphatic heterocycles. The molecule has 0 saturated heterocycles. The molecular weight excluding hydrogens is 274 g/mol. The SMILES string of the molecule is CC.CC.Cc1cnc(C(=O)NC2(C#N)CC2)cc1Cl. The number of nitrogens with one attached hydrogen (secondary N) is 1. The number of rotatable bonds is 2. The van der Waals surface area contributed by atoms with Gasteiger partial charge in [0.15, 0.2) is 0 Å². The molecule has 1 aliphatic carbocycles. The fraction of sp³-hybridized carbons (Fsp3) is 0.533. The van der Waals surface area contributed by atoms with Crippen molar-refractivity contribution < 1.29 is 4.79 Å². The molecule has 0 spiro atoms. The molecule has 0 bridgehead atoms. The van der Waals surface area contributed by atoms with Crippen LogP contribution < -0.4 is 5.32 Å². The second kappa shape index (κ2) is 8.55. The number of halogens is 1. The van der Waals surface area contributed by atoms with Gasteiger partial charge in [-0.3, -0.25) is 9.78 Å². The van der Waals surface area contributed by atoms with Crippen LogP contribution >= 0.6 is 11.6 Å². The Balaban J connectivity index is 0.000000829. The zero-order valence-corrected chi connectivity index (χ0v) is 13.5. The number of aryl methyl sites for hydroxylation is 1. The van der Waals surface area contributed by atoms with E-state index in [0.717, 1.165) is 5.56 Å². The molecule has 4 nitrogen and oxygen atoms in total. The highest BCUT2D eigenvalue weighted by molar-refractivity contribution is 6.31. The number of pyridine rings is 1. The molecule has 0 aromatic carbocycles. The van der Waals surface area contributed by atoms with E-state index in [0.29, 0.717) is 17.9 Å². The van der Waals surface area contributed by atoms with Crippen molar-refractivity contribution in [3.8, 4) is 6.07 Å². The third-order valence-corrected chi connectivity index (χ3v) is 2.99. The zero-order chi connectivity index (χ0) is 15.8. The van der Waals surface area contributed by atoms with Gasteiger partial charge in [-0.05, 0) is 31.4 Å². The van der Waals surface area contributed by atoms with E-state index in [4.69, 9.17) is 16.9 Å². The first-order valence-corrected chi connectivity index (χ1v) is 7.30. The summed E-state index contributed by atoms with van der Waals surface area (Å²) in [7, 11) is 0. The molecule has 5 heteroatoms. The van der Waals surface area contributed by atoms with Gasteiger partial charge in [0.25, 0.3) is 5.91 Å². The van der Waals surface area contributed by atoms with Crippen LogP contribution in [0.3, 0.4) is 0 Å². The van der Waals surface area contributed by atoms with Crippen LogP contribution in [0.25, 0.3) is 0 Å². The largest absolute Gasteiger partial charge is 0.332 e. The predicted octanol–water partition coefficient (Wildman–Crippen LogP) is 3.88. The van der Waals surface area contributed by atoms with Crippen molar-refractivity contribution in [3.05, 3.63) is 28.5 Å². The lowest BCUT2D eigenvalue weighted by Crippen LogP contribution is -2.36. The first kappa shape index (κ1) is 18.4. The topological polar surface area (TPSA) is 65.8 Å². The summed E-state index contributed by atoms with van der Waals surface area (Å²) in [5.74, 6) is -0.346. The van der Waals surface area contributed by atoms with E-state index in [-0.39, 0.29) is 11.6 Å². The molecule has 0 unspecified atom stereocenters. The van der Waals surface area contributed by atoms with Gasteiger partial charge >= 0.3 is 0 Å². The molecular formula is C15H22ClN3O. The first-order chi connectivity index (χ1) is 9.56. The Morgan fingerprint density at radius 1 is 1.40 bits per heavy atom. The Morgan fingerprint density at radius 2 is 1.95 bits per heavy atom. The van der Waals surface area contributed by atoms with Crippen LogP contribution in [-0.2, 0) is 0 Å². The van der Waals surface area contributed by atoms with E-state index in [1.54, 1.807) is 6.20 Å². The standard InChI is InChI=1S/C11H10ClN3O.2C2H6/c1-7-5-14-9(4-8(7)12)10(16)15-11(6-13)2-3-11;2*1-2/h4-5H,2-3H2,1H3,(H,15,16);2*1-2H3. The number of carbonyl (C=O) groups excluding carboxylic acids is 1. The minimum Gasteiger partial charge on any atom is -0.332 e. The maximum atomic E-state index is 11.7. The Bertz CT molecular complexity index is 490. The van der Waals surface area contributed by atoms with Crippen molar-refractivity contribution >= 4 is 17.5 Å². The number of hydrogen-bond donors (Lipinski definition) is 1. The lowest BCUT2D eigenvalue weighted by molar-refractivity contribution is 0.0936. The predicted molar refractivity (Wildman–Crippen MR) is 81.7 cm³/mol. The molecule has 1 N–H and O–H groups in total. The summed E-state index contributed by atoms with van der Waals surface area (Å²) in [6.45, 7) is 9.81. The molecule has 1 aromatic heterocycles. The lowest BCUT2D eigenvalue weighted by Gasteiger charge is -2.08. The second-order valence-electron chi connectivity index (χ2n) is 3.97. The molecule has 20 heavy (non-hydrogen) atoms. The zero-order valence-electron chi connectivity index (χ0n) is 12.7. The van der Waals surface area contributed by atoms with Crippen molar-refractivity contribution in [2.45, 2.75) is 53.0 Å². The van der Waals surface area contributed by atoms with Gasteiger partial charge in [0, 0.05) is 11.2 Å². The highest BCUT2D eigenvalue weighted by Crippen LogP contribution is 2.34. The fourth-order valence-electron chi connectivity index (χ4n) is 1.29. The molecule has 1 saturated carbocycles. The molecule has 1 heterocycles. The molecule has 1 fully saturated rings. The Labute approximate surface area is 126 Å². The third kappa shape index (κ3) is 4.82. The average Bonchev–Trinajstić information content (AvgIpc) is 3.26. The highest BCUT2D eigenvalue weighted by atomic mass is 35.5. The van der Waals surface area contributed by atoms with Crippen LogP contribution in [0, 0.1) is 18.3 Å². The normalized spacial score (nSPS) is 13.7. The van der Waals surface area contributed by atoms with Gasteiger partial charge < -0.3 is 5.32 Å². The van der Waals surface area contributed by atoms with Gasteiger partial charge in [0.2, 0.25) is 0 Å². The smallest absolute Gasteiger partial charge is 0.271 e.